The maximum Gasteiger partial charge on any atom is 0.262 e. The first kappa shape index (κ1) is 19.6. The average Bonchev–Trinajstić information content (AvgIpc) is 2.91. The van der Waals surface area contributed by atoms with Crippen molar-refractivity contribution in [3.05, 3.63) is 65.0 Å². The van der Waals surface area contributed by atoms with E-state index in [9.17, 15) is 27.6 Å². The van der Waals surface area contributed by atoms with Gasteiger partial charge in [0.1, 0.15) is 6.04 Å². The van der Waals surface area contributed by atoms with Crippen molar-refractivity contribution in [3.63, 3.8) is 0 Å². The summed E-state index contributed by atoms with van der Waals surface area (Å²) in [6.07, 6.45) is 0.114. The standard InChI is InChI=1S/C20H17F3N2O3/c1-10(2)9-15(18(26)24-14-8-7-13(21)16(22)17(14)23)25-19(27)11-5-3-4-6-12(11)20(25)28/h3-8,10,15H,9H2,1-2H3,(H,24,26)/t15-/m0/s1. The van der Waals surface area contributed by atoms with Crippen molar-refractivity contribution in [2.24, 2.45) is 5.92 Å². The number of benzene rings is 2. The van der Waals surface area contributed by atoms with Crippen LogP contribution < -0.4 is 5.32 Å². The molecule has 0 radical (unpaired) electrons. The fourth-order valence-corrected chi connectivity index (χ4v) is 3.11. The molecule has 3 amide bonds. The number of carbonyl (C=O) groups excluding carboxylic acids is 3. The molecule has 0 unspecified atom stereocenters. The molecule has 28 heavy (non-hydrogen) atoms. The molecule has 0 saturated heterocycles. The summed E-state index contributed by atoms with van der Waals surface area (Å²) in [6, 6.07) is 6.47. The lowest BCUT2D eigenvalue weighted by Gasteiger charge is -2.26. The summed E-state index contributed by atoms with van der Waals surface area (Å²) in [7, 11) is 0. The first-order valence-electron chi connectivity index (χ1n) is 8.63. The van der Waals surface area contributed by atoms with E-state index in [2.05, 4.69) is 5.32 Å². The fraction of sp³-hybridized carbons (Fsp3) is 0.250. The van der Waals surface area contributed by atoms with E-state index < -0.39 is 46.9 Å². The zero-order chi connectivity index (χ0) is 20.6. The lowest BCUT2D eigenvalue weighted by Crippen LogP contribution is -2.48. The predicted octanol–water partition coefficient (Wildman–Crippen LogP) is 3.75. The highest BCUT2D eigenvalue weighted by Crippen LogP contribution is 2.28. The van der Waals surface area contributed by atoms with Gasteiger partial charge in [-0.05, 0) is 36.6 Å². The number of hydrogen-bond donors (Lipinski definition) is 1. The largest absolute Gasteiger partial charge is 0.322 e. The minimum atomic E-state index is -1.72. The van der Waals surface area contributed by atoms with E-state index in [1.807, 2.05) is 0 Å². The van der Waals surface area contributed by atoms with Gasteiger partial charge >= 0.3 is 0 Å². The molecule has 0 aliphatic carbocycles. The molecule has 1 heterocycles. The Balaban J connectivity index is 1.93. The number of anilines is 1. The van der Waals surface area contributed by atoms with Crippen LogP contribution in [-0.4, -0.2) is 28.7 Å². The van der Waals surface area contributed by atoms with Crippen LogP contribution >= 0.6 is 0 Å². The van der Waals surface area contributed by atoms with E-state index in [1.165, 1.54) is 12.1 Å². The molecule has 8 heteroatoms. The topological polar surface area (TPSA) is 66.5 Å². The summed E-state index contributed by atoms with van der Waals surface area (Å²) >= 11 is 0. The van der Waals surface area contributed by atoms with Crippen LogP contribution in [0.4, 0.5) is 18.9 Å². The van der Waals surface area contributed by atoms with Gasteiger partial charge in [0.2, 0.25) is 5.91 Å². The van der Waals surface area contributed by atoms with E-state index in [-0.39, 0.29) is 23.5 Å². The molecule has 0 fully saturated rings. The van der Waals surface area contributed by atoms with E-state index in [0.29, 0.717) is 6.07 Å². The first-order chi connectivity index (χ1) is 13.2. The van der Waals surface area contributed by atoms with Gasteiger partial charge in [-0.1, -0.05) is 26.0 Å². The molecule has 1 atom stereocenters. The Morgan fingerprint density at radius 2 is 1.54 bits per heavy atom. The third kappa shape index (κ3) is 3.37. The number of hydrogen-bond acceptors (Lipinski definition) is 3. The molecular weight excluding hydrogens is 373 g/mol. The van der Waals surface area contributed by atoms with Crippen molar-refractivity contribution in [2.45, 2.75) is 26.3 Å². The van der Waals surface area contributed by atoms with Crippen LogP contribution in [0, 0.1) is 23.4 Å². The van der Waals surface area contributed by atoms with Crippen molar-refractivity contribution in [2.75, 3.05) is 5.32 Å². The highest BCUT2D eigenvalue weighted by Gasteiger charge is 2.42. The minimum Gasteiger partial charge on any atom is -0.322 e. The maximum absolute atomic E-state index is 13.9. The Labute approximate surface area is 159 Å². The van der Waals surface area contributed by atoms with Crippen molar-refractivity contribution in [1.82, 2.24) is 4.90 Å². The molecule has 1 N–H and O–H groups in total. The third-order valence-corrected chi connectivity index (χ3v) is 4.43. The van der Waals surface area contributed by atoms with Gasteiger partial charge < -0.3 is 5.32 Å². The normalized spacial score (nSPS) is 14.4. The summed E-state index contributed by atoms with van der Waals surface area (Å²) in [5.41, 5.74) is -0.226. The van der Waals surface area contributed by atoms with Gasteiger partial charge in [-0.2, -0.15) is 0 Å². The molecule has 2 aromatic rings. The smallest absolute Gasteiger partial charge is 0.262 e. The van der Waals surface area contributed by atoms with E-state index in [0.717, 1.165) is 11.0 Å². The fourth-order valence-electron chi connectivity index (χ4n) is 3.11. The summed E-state index contributed by atoms with van der Waals surface area (Å²) in [5.74, 6) is -6.89. The zero-order valence-electron chi connectivity index (χ0n) is 15.1. The van der Waals surface area contributed by atoms with Gasteiger partial charge in [0.25, 0.3) is 11.8 Å². The highest BCUT2D eigenvalue weighted by molar-refractivity contribution is 6.23. The van der Waals surface area contributed by atoms with Crippen molar-refractivity contribution < 1.29 is 27.6 Å². The van der Waals surface area contributed by atoms with Crippen LogP contribution in [-0.2, 0) is 4.79 Å². The number of nitrogens with one attached hydrogen (secondary N) is 1. The summed E-state index contributed by atoms with van der Waals surface area (Å²) < 4.78 is 40.5. The highest BCUT2D eigenvalue weighted by atomic mass is 19.2. The number of fused-ring (bicyclic) bond motifs is 1. The lowest BCUT2D eigenvalue weighted by atomic mass is 10.0. The Morgan fingerprint density at radius 3 is 2.07 bits per heavy atom. The Morgan fingerprint density at radius 1 is 0.964 bits per heavy atom. The van der Waals surface area contributed by atoms with Crippen LogP contribution in [0.2, 0.25) is 0 Å². The van der Waals surface area contributed by atoms with Crippen molar-refractivity contribution in [3.8, 4) is 0 Å². The molecule has 0 bridgehead atoms. The van der Waals surface area contributed by atoms with Gasteiger partial charge in [-0.15, -0.1) is 0 Å². The summed E-state index contributed by atoms with van der Waals surface area (Å²) in [6.45, 7) is 3.58. The van der Waals surface area contributed by atoms with Gasteiger partial charge in [0.15, 0.2) is 17.5 Å². The molecule has 0 saturated carbocycles. The Kier molecular flexibility index (Phi) is 5.22. The molecule has 1 aliphatic rings. The van der Waals surface area contributed by atoms with Gasteiger partial charge in [0, 0.05) is 0 Å². The monoisotopic (exact) mass is 390 g/mol. The van der Waals surface area contributed by atoms with Crippen LogP contribution in [0.5, 0.6) is 0 Å². The van der Waals surface area contributed by atoms with Crippen molar-refractivity contribution >= 4 is 23.4 Å². The summed E-state index contributed by atoms with van der Waals surface area (Å²) in [4.78, 5) is 39.0. The number of nitrogens with zero attached hydrogens (tertiary/aromatic N) is 1. The second kappa shape index (κ2) is 7.46. The molecule has 0 aromatic heterocycles. The van der Waals surface area contributed by atoms with Crippen LogP contribution in [0.25, 0.3) is 0 Å². The van der Waals surface area contributed by atoms with E-state index >= 15 is 0 Å². The average molecular weight is 390 g/mol. The Bertz CT molecular complexity index is 940. The Hall–Kier alpha value is -3.16. The molecule has 2 aromatic carbocycles. The molecule has 1 aliphatic heterocycles. The predicted molar refractivity (Wildman–Crippen MR) is 95.1 cm³/mol. The number of carbonyl (C=O) groups is 3. The minimum absolute atomic E-state index is 0.0881. The maximum atomic E-state index is 13.9. The molecule has 0 spiro atoms. The van der Waals surface area contributed by atoms with E-state index in [1.54, 1.807) is 26.0 Å². The van der Waals surface area contributed by atoms with Crippen LogP contribution in [0.3, 0.4) is 0 Å². The third-order valence-electron chi connectivity index (χ3n) is 4.43. The number of halogens is 3. The summed E-state index contributed by atoms with van der Waals surface area (Å²) in [5, 5.41) is 2.16. The van der Waals surface area contributed by atoms with Crippen LogP contribution in [0.1, 0.15) is 41.0 Å². The lowest BCUT2D eigenvalue weighted by molar-refractivity contribution is -0.120. The first-order valence-corrected chi connectivity index (χ1v) is 8.63. The SMILES string of the molecule is CC(C)C[C@@H](C(=O)Nc1ccc(F)c(F)c1F)N1C(=O)c2ccccc2C1=O. The van der Waals surface area contributed by atoms with Gasteiger partial charge in [-0.25, -0.2) is 13.2 Å². The number of imide groups is 1. The second-order valence-electron chi connectivity index (χ2n) is 6.88. The molecule has 5 nitrogen and oxygen atoms in total. The quantitative estimate of drug-likeness (QED) is 0.625. The molecule has 146 valence electrons. The molecular formula is C20H17F3N2O3. The van der Waals surface area contributed by atoms with Crippen LogP contribution in [0.15, 0.2) is 36.4 Å². The molecule has 3 rings (SSSR count). The second-order valence-corrected chi connectivity index (χ2v) is 6.88. The van der Waals surface area contributed by atoms with Gasteiger partial charge in [0.05, 0.1) is 16.8 Å². The number of rotatable bonds is 5. The zero-order valence-corrected chi connectivity index (χ0v) is 15.1. The van der Waals surface area contributed by atoms with Gasteiger partial charge in [-0.3, -0.25) is 19.3 Å². The van der Waals surface area contributed by atoms with E-state index in [4.69, 9.17) is 0 Å². The van der Waals surface area contributed by atoms with Crippen molar-refractivity contribution in [1.29, 1.82) is 0 Å². The number of amides is 3.